The summed E-state index contributed by atoms with van der Waals surface area (Å²) in [7, 11) is 3.25. The summed E-state index contributed by atoms with van der Waals surface area (Å²) in [6.45, 7) is 2.12. The molecule has 1 aliphatic heterocycles. The summed E-state index contributed by atoms with van der Waals surface area (Å²) < 4.78 is 15.8. The standard InChI is InChI=1S/C15H21NO4/c1-18-9-7-16(8-10-19-2)15(17)14-11-12-5-3-4-6-13(12)20-14/h3-6,14H,7-11H2,1-2H3. The van der Waals surface area contributed by atoms with Crippen molar-refractivity contribution in [2.24, 2.45) is 0 Å². The van der Waals surface area contributed by atoms with Gasteiger partial charge in [-0.15, -0.1) is 0 Å². The minimum absolute atomic E-state index is 0.00435. The molecule has 1 unspecified atom stereocenters. The molecule has 20 heavy (non-hydrogen) atoms. The second-order valence-electron chi connectivity index (χ2n) is 4.73. The maximum atomic E-state index is 12.5. The van der Waals surface area contributed by atoms with Crippen LogP contribution in [0.15, 0.2) is 24.3 Å². The van der Waals surface area contributed by atoms with Crippen LogP contribution in [0.3, 0.4) is 0 Å². The van der Waals surface area contributed by atoms with Crippen molar-refractivity contribution >= 4 is 5.91 Å². The fourth-order valence-electron chi connectivity index (χ4n) is 2.26. The Kier molecular flexibility index (Phi) is 5.38. The highest BCUT2D eigenvalue weighted by molar-refractivity contribution is 5.82. The van der Waals surface area contributed by atoms with Crippen molar-refractivity contribution in [1.29, 1.82) is 0 Å². The molecular formula is C15H21NO4. The first-order valence-corrected chi connectivity index (χ1v) is 6.77. The zero-order valence-electron chi connectivity index (χ0n) is 12.0. The molecule has 2 rings (SSSR count). The van der Waals surface area contributed by atoms with Crippen LogP contribution in [0.5, 0.6) is 5.75 Å². The van der Waals surface area contributed by atoms with Gasteiger partial charge in [0.2, 0.25) is 0 Å². The predicted octanol–water partition coefficient (Wildman–Crippen LogP) is 1.11. The van der Waals surface area contributed by atoms with Gasteiger partial charge in [-0.05, 0) is 11.6 Å². The third-order valence-electron chi connectivity index (χ3n) is 3.36. The molecule has 0 fully saturated rings. The Balaban J connectivity index is 1.98. The highest BCUT2D eigenvalue weighted by atomic mass is 16.5. The number of rotatable bonds is 7. The van der Waals surface area contributed by atoms with Crippen molar-refractivity contribution in [3.63, 3.8) is 0 Å². The number of nitrogens with zero attached hydrogens (tertiary/aromatic N) is 1. The van der Waals surface area contributed by atoms with Crippen molar-refractivity contribution < 1.29 is 19.0 Å². The number of hydrogen-bond donors (Lipinski definition) is 0. The van der Waals surface area contributed by atoms with E-state index in [-0.39, 0.29) is 5.91 Å². The third-order valence-corrected chi connectivity index (χ3v) is 3.36. The first-order valence-electron chi connectivity index (χ1n) is 6.77. The molecule has 0 aliphatic carbocycles. The predicted molar refractivity (Wildman–Crippen MR) is 74.9 cm³/mol. The van der Waals surface area contributed by atoms with Crippen molar-refractivity contribution in [1.82, 2.24) is 4.90 Å². The number of carbonyl (C=O) groups excluding carboxylic acids is 1. The molecule has 0 bridgehead atoms. The molecule has 1 amide bonds. The van der Waals surface area contributed by atoms with Crippen LogP contribution in [-0.4, -0.2) is 57.4 Å². The van der Waals surface area contributed by atoms with E-state index in [1.807, 2.05) is 24.3 Å². The molecule has 1 heterocycles. The molecule has 0 aromatic heterocycles. The van der Waals surface area contributed by atoms with Gasteiger partial charge in [0.1, 0.15) is 5.75 Å². The van der Waals surface area contributed by atoms with Crippen molar-refractivity contribution in [2.75, 3.05) is 40.5 Å². The van der Waals surface area contributed by atoms with Gasteiger partial charge < -0.3 is 19.1 Å². The minimum Gasteiger partial charge on any atom is -0.480 e. The lowest BCUT2D eigenvalue weighted by atomic mass is 10.1. The van der Waals surface area contributed by atoms with Crippen molar-refractivity contribution in [2.45, 2.75) is 12.5 Å². The SMILES string of the molecule is COCCN(CCOC)C(=O)C1Cc2ccccc2O1. The summed E-state index contributed by atoms with van der Waals surface area (Å²) >= 11 is 0. The fraction of sp³-hybridized carbons (Fsp3) is 0.533. The van der Waals surface area contributed by atoms with E-state index in [9.17, 15) is 4.79 Å². The summed E-state index contributed by atoms with van der Waals surface area (Å²) in [5.41, 5.74) is 1.09. The van der Waals surface area contributed by atoms with Crippen LogP contribution >= 0.6 is 0 Å². The van der Waals surface area contributed by atoms with Gasteiger partial charge in [0.05, 0.1) is 13.2 Å². The maximum Gasteiger partial charge on any atom is 0.264 e. The quantitative estimate of drug-likeness (QED) is 0.750. The van der Waals surface area contributed by atoms with Gasteiger partial charge in [-0.3, -0.25) is 4.79 Å². The van der Waals surface area contributed by atoms with Gasteiger partial charge in [0.15, 0.2) is 6.10 Å². The van der Waals surface area contributed by atoms with E-state index in [1.165, 1.54) is 0 Å². The third kappa shape index (κ3) is 3.49. The number of methoxy groups -OCH3 is 2. The van der Waals surface area contributed by atoms with E-state index >= 15 is 0 Å². The van der Waals surface area contributed by atoms with Crippen LogP contribution in [0.4, 0.5) is 0 Å². The summed E-state index contributed by atoms with van der Waals surface area (Å²) in [5, 5.41) is 0. The number of amides is 1. The lowest BCUT2D eigenvalue weighted by Gasteiger charge is -2.24. The molecule has 110 valence electrons. The van der Waals surface area contributed by atoms with Gasteiger partial charge in [0.25, 0.3) is 5.91 Å². The molecule has 1 aliphatic rings. The van der Waals surface area contributed by atoms with E-state index in [0.29, 0.717) is 32.7 Å². The molecule has 0 saturated carbocycles. The van der Waals surface area contributed by atoms with Crippen LogP contribution in [0, 0.1) is 0 Å². The Morgan fingerprint density at radius 2 is 1.90 bits per heavy atom. The fourth-order valence-corrected chi connectivity index (χ4v) is 2.26. The lowest BCUT2D eigenvalue weighted by Crippen LogP contribution is -2.44. The largest absolute Gasteiger partial charge is 0.480 e. The average molecular weight is 279 g/mol. The van der Waals surface area contributed by atoms with E-state index in [4.69, 9.17) is 14.2 Å². The number of fused-ring (bicyclic) bond motifs is 1. The highest BCUT2D eigenvalue weighted by Crippen LogP contribution is 2.28. The van der Waals surface area contributed by atoms with Gasteiger partial charge in [0, 0.05) is 33.7 Å². The molecule has 1 atom stereocenters. The van der Waals surface area contributed by atoms with Gasteiger partial charge in [-0.25, -0.2) is 0 Å². The summed E-state index contributed by atoms with van der Waals surface area (Å²) in [4.78, 5) is 14.3. The second kappa shape index (κ2) is 7.26. The van der Waals surface area contributed by atoms with E-state index in [2.05, 4.69) is 0 Å². The number of benzene rings is 1. The Hall–Kier alpha value is -1.59. The van der Waals surface area contributed by atoms with E-state index in [1.54, 1.807) is 19.1 Å². The molecule has 0 spiro atoms. The monoisotopic (exact) mass is 279 g/mol. The maximum absolute atomic E-state index is 12.5. The molecule has 0 radical (unpaired) electrons. The smallest absolute Gasteiger partial charge is 0.264 e. The summed E-state index contributed by atoms with van der Waals surface area (Å²) in [6, 6.07) is 7.77. The van der Waals surface area contributed by atoms with Crippen molar-refractivity contribution in [3.8, 4) is 5.75 Å². The molecule has 5 heteroatoms. The molecule has 0 N–H and O–H groups in total. The normalized spacial score (nSPS) is 16.6. The Morgan fingerprint density at radius 1 is 1.25 bits per heavy atom. The number of carbonyl (C=O) groups is 1. The highest BCUT2D eigenvalue weighted by Gasteiger charge is 2.31. The first-order chi connectivity index (χ1) is 9.76. The van der Waals surface area contributed by atoms with Crippen LogP contribution < -0.4 is 4.74 Å². The van der Waals surface area contributed by atoms with Crippen LogP contribution in [0.2, 0.25) is 0 Å². The number of hydrogen-bond acceptors (Lipinski definition) is 4. The van der Waals surface area contributed by atoms with Gasteiger partial charge in [-0.2, -0.15) is 0 Å². The molecule has 1 aromatic carbocycles. The molecular weight excluding hydrogens is 258 g/mol. The zero-order chi connectivity index (χ0) is 14.4. The first kappa shape index (κ1) is 14.8. The topological polar surface area (TPSA) is 48.0 Å². The van der Waals surface area contributed by atoms with Crippen LogP contribution in [0.1, 0.15) is 5.56 Å². The van der Waals surface area contributed by atoms with Crippen LogP contribution in [0.25, 0.3) is 0 Å². The average Bonchev–Trinajstić information content (AvgIpc) is 2.90. The van der Waals surface area contributed by atoms with Gasteiger partial charge >= 0.3 is 0 Å². The summed E-state index contributed by atoms with van der Waals surface area (Å²) in [5.74, 6) is 0.805. The number of para-hydroxylation sites is 1. The number of ether oxygens (including phenoxy) is 3. The van der Waals surface area contributed by atoms with Crippen molar-refractivity contribution in [3.05, 3.63) is 29.8 Å². The lowest BCUT2D eigenvalue weighted by molar-refractivity contribution is -0.139. The van der Waals surface area contributed by atoms with E-state index in [0.717, 1.165) is 11.3 Å². The molecule has 5 nitrogen and oxygen atoms in total. The zero-order valence-corrected chi connectivity index (χ0v) is 12.0. The van der Waals surface area contributed by atoms with E-state index < -0.39 is 6.10 Å². The molecule has 1 aromatic rings. The Labute approximate surface area is 119 Å². The molecule has 0 saturated heterocycles. The Morgan fingerprint density at radius 3 is 2.50 bits per heavy atom. The summed E-state index contributed by atoms with van der Waals surface area (Å²) in [6.07, 6.45) is 0.201. The van der Waals surface area contributed by atoms with Crippen LogP contribution in [-0.2, 0) is 20.7 Å². The Bertz CT molecular complexity index is 416. The minimum atomic E-state index is -0.430. The second-order valence-corrected chi connectivity index (χ2v) is 4.73. The van der Waals surface area contributed by atoms with Gasteiger partial charge in [-0.1, -0.05) is 18.2 Å².